The molecule has 10 N–H and O–H groups in total. The van der Waals surface area contributed by atoms with Crippen LogP contribution in [0.1, 0.15) is 78.6 Å². The van der Waals surface area contributed by atoms with Crippen molar-refractivity contribution in [1.29, 1.82) is 0 Å². The first-order chi connectivity index (χ1) is 23.9. The van der Waals surface area contributed by atoms with Gasteiger partial charge in [0.25, 0.3) is 0 Å². The number of aliphatic hydroxyl groups excluding tert-OH is 6. The summed E-state index contributed by atoms with van der Waals surface area (Å²) in [5, 5.41) is 69.1. The Labute approximate surface area is 294 Å². The minimum atomic E-state index is -1.59. The average molecular weight is 720 g/mol. The van der Waals surface area contributed by atoms with Gasteiger partial charge in [0.1, 0.15) is 42.7 Å². The Hall–Kier alpha value is -1.54. The normalized spacial score (nSPS) is 40.6. The highest BCUT2D eigenvalue weighted by atomic mass is 16.7. The molecule has 2 heterocycles. The first kappa shape index (κ1) is 41.2. The highest BCUT2D eigenvalue weighted by Crippen LogP contribution is 2.40. The van der Waals surface area contributed by atoms with Crippen LogP contribution in [0.4, 0.5) is 0 Å². The topological polar surface area (TPSA) is 252 Å². The van der Waals surface area contributed by atoms with Crippen LogP contribution in [0.5, 0.6) is 0 Å². The van der Waals surface area contributed by atoms with E-state index < -0.39 is 98.1 Å². The van der Waals surface area contributed by atoms with Crippen LogP contribution in [0.2, 0.25) is 0 Å². The molecule has 15 atom stereocenters. The molecule has 4 rings (SSSR count). The molecule has 50 heavy (non-hydrogen) atoms. The smallest absolute Gasteiger partial charge is 0.223 e. The molecule has 2 amide bonds. The fraction of sp³-hybridized carbons (Fsp3) is 0.941. The molecule has 290 valence electrons. The molecule has 0 spiro atoms. The number of amides is 2. The Bertz CT molecular complexity index is 1050. The zero-order valence-electron chi connectivity index (χ0n) is 29.5. The largest absolute Gasteiger partial charge is 0.394 e. The SMILES string of the molecule is CCC1CC(C(=O)NCCN)C[C@H](O[C@@H]2OC(CO)[C@H](O)C(O[C@H](CO)CC3CCCCC3)C2NC(C)=O)C1OC1O[C@@H](C)C(O)C(O)[C@@H]1O. The van der Waals surface area contributed by atoms with E-state index in [2.05, 4.69) is 10.6 Å². The van der Waals surface area contributed by atoms with Gasteiger partial charge in [0.2, 0.25) is 11.8 Å². The molecule has 9 unspecified atom stereocenters. The Morgan fingerprint density at radius 2 is 1.64 bits per heavy atom. The van der Waals surface area contributed by atoms with E-state index in [9.17, 15) is 40.2 Å². The second-order valence-electron chi connectivity index (χ2n) is 14.5. The summed E-state index contributed by atoms with van der Waals surface area (Å²) in [5.74, 6) is -1.22. The maximum absolute atomic E-state index is 13.3. The highest BCUT2D eigenvalue weighted by molar-refractivity contribution is 5.78. The monoisotopic (exact) mass is 719 g/mol. The van der Waals surface area contributed by atoms with Gasteiger partial charge in [-0.25, -0.2) is 0 Å². The number of hydrogen-bond donors (Lipinski definition) is 9. The summed E-state index contributed by atoms with van der Waals surface area (Å²) in [6.45, 7) is 4.36. The van der Waals surface area contributed by atoms with Crippen LogP contribution in [0.3, 0.4) is 0 Å². The van der Waals surface area contributed by atoms with Crippen LogP contribution in [-0.4, -0.2) is 148 Å². The van der Waals surface area contributed by atoms with Crippen molar-refractivity contribution in [2.75, 3.05) is 26.3 Å². The number of hydrogen-bond acceptors (Lipinski definition) is 14. The molecule has 2 saturated heterocycles. The summed E-state index contributed by atoms with van der Waals surface area (Å²) in [5.41, 5.74) is 5.63. The maximum atomic E-state index is 13.3. The highest BCUT2D eigenvalue weighted by Gasteiger charge is 2.52. The summed E-state index contributed by atoms with van der Waals surface area (Å²) in [6.07, 6.45) is -7.17. The van der Waals surface area contributed by atoms with E-state index in [0.717, 1.165) is 32.1 Å². The summed E-state index contributed by atoms with van der Waals surface area (Å²) in [6, 6.07) is -1.11. The van der Waals surface area contributed by atoms with Gasteiger partial charge < -0.3 is 70.7 Å². The van der Waals surface area contributed by atoms with Gasteiger partial charge in [-0.15, -0.1) is 0 Å². The van der Waals surface area contributed by atoms with Crippen LogP contribution in [0, 0.1) is 17.8 Å². The molecule has 4 fully saturated rings. The van der Waals surface area contributed by atoms with E-state index >= 15 is 0 Å². The lowest BCUT2D eigenvalue weighted by molar-refractivity contribution is -0.339. The van der Waals surface area contributed by atoms with E-state index in [4.69, 9.17) is 29.4 Å². The quantitative estimate of drug-likeness (QED) is 0.0925. The van der Waals surface area contributed by atoms with Crippen molar-refractivity contribution in [2.24, 2.45) is 23.5 Å². The number of nitrogens with two attached hydrogens (primary N) is 1. The number of rotatable bonds is 15. The summed E-state index contributed by atoms with van der Waals surface area (Å²) >= 11 is 0. The Kier molecular flexibility index (Phi) is 16.1. The average Bonchev–Trinajstić information content (AvgIpc) is 3.11. The van der Waals surface area contributed by atoms with Gasteiger partial charge in [0.15, 0.2) is 12.6 Å². The fourth-order valence-electron chi connectivity index (χ4n) is 7.98. The number of carbonyl (C=O) groups is 2. The first-order valence-corrected chi connectivity index (χ1v) is 18.4. The molecule has 0 aromatic carbocycles. The third kappa shape index (κ3) is 10.3. The van der Waals surface area contributed by atoms with E-state index in [0.29, 0.717) is 25.2 Å². The van der Waals surface area contributed by atoms with E-state index in [-0.39, 0.29) is 37.9 Å². The molecule has 0 bridgehead atoms. The zero-order chi connectivity index (χ0) is 36.5. The number of ether oxygens (including phenoxy) is 5. The fourth-order valence-corrected chi connectivity index (χ4v) is 7.98. The molecule has 2 aliphatic carbocycles. The summed E-state index contributed by atoms with van der Waals surface area (Å²) in [4.78, 5) is 25.8. The first-order valence-electron chi connectivity index (χ1n) is 18.4. The van der Waals surface area contributed by atoms with Crippen molar-refractivity contribution in [3.63, 3.8) is 0 Å². The van der Waals surface area contributed by atoms with Gasteiger partial charge in [-0.05, 0) is 38.0 Å². The molecule has 0 aromatic rings. The van der Waals surface area contributed by atoms with Gasteiger partial charge in [0, 0.05) is 25.9 Å². The van der Waals surface area contributed by atoms with Crippen LogP contribution in [-0.2, 0) is 33.3 Å². The molecule has 2 saturated carbocycles. The molecular weight excluding hydrogens is 658 g/mol. The molecule has 16 nitrogen and oxygen atoms in total. The van der Waals surface area contributed by atoms with Crippen molar-refractivity contribution in [2.45, 2.75) is 158 Å². The molecule has 4 aliphatic rings. The Morgan fingerprint density at radius 3 is 2.26 bits per heavy atom. The van der Waals surface area contributed by atoms with E-state index in [1.807, 2.05) is 6.92 Å². The van der Waals surface area contributed by atoms with Crippen LogP contribution >= 0.6 is 0 Å². The third-order valence-electron chi connectivity index (χ3n) is 10.8. The van der Waals surface area contributed by atoms with Gasteiger partial charge in [-0.2, -0.15) is 0 Å². The number of carbonyl (C=O) groups excluding carboxylic acids is 2. The van der Waals surface area contributed by atoms with Gasteiger partial charge in [0.05, 0.1) is 37.6 Å². The lowest BCUT2D eigenvalue weighted by atomic mass is 9.75. The second kappa shape index (κ2) is 19.5. The van der Waals surface area contributed by atoms with E-state index in [1.54, 1.807) is 6.92 Å². The van der Waals surface area contributed by atoms with Crippen molar-refractivity contribution in [3.05, 3.63) is 0 Å². The molecule has 16 heteroatoms. The van der Waals surface area contributed by atoms with Crippen molar-refractivity contribution in [3.8, 4) is 0 Å². The standard InChI is InChI=1S/C34H61N3O13/c1-4-20-13-21(32(45)36-11-10-35)14-23(30(20)50-34-29(44)28(43)26(41)17(2)46-34)48-33-25(37-18(3)40)31(27(42)24(16-39)49-33)47-22(15-38)12-19-8-6-5-7-9-19/h17,19-31,33-34,38-39,41-44H,4-16,35H2,1-3H3,(H,36,45)(H,37,40)/t17-,20?,21?,22-,23-,24?,25?,26?,27-,28?,29-,30?,31?,33+,34?/m0/s1. The van der Waals surface area contributed by atoms with Gasteiger partial charge >= 0.3 is 0 Å². The minimum Gasteiger partial charge on any atom is -0.394 e. The van der Waals surface area contributed by atoms with Crippen LogP contribution < -0.4 is 16.4 Å². The maximum Gasteiger partial charge on any atom is 0.223 e. The van der Waals surface area contributed by atoms with Crippen molar-refractivity contribution >= 4 is 11.8 Å². The van der Waals surface area contributed by atoms with Gasteiger partial charge in [-0.1, -0.05) is 45.4 Å². The van der Waals surface area contributed by atoms with Crippen LogP contribution in [0.15, 0.2) is 0 Å². The predicted octanol–water partition coefficient (Wildman–Crippen LogP) is -1.61. The van der Waals surface area contributed by atoms with Crippen LogP contribution in [0.25, 0.3) is 0 Å². The molecule has 0 aromatic heterocycles. The predicted molar refractivity (Wildman–Crippen MR) is 177 cm³/mol. The zero-order valence-corrected chi connectivity index (χ0v) is 29.5. The summed E-state index contributed by atoms with van der Waals surface area (Å²) in [7, 11) is 0. The van der Waals surface area contributed by atoms with Crippen molar-refractivity contribution in [1.82, 2.24) is 10.6 Å². The van der Waals surface area contributed by atoms with Gasteiger partial charge in [-0.3, -0.25) is 9.59 Å². The molecular formula is C34H61N3O13. The minimum absolute atomic E-state index is 0.118. The summed E-state index contributed by atoms with van der Waals surface area (Å²) < 4.78 is 31.2. The van der Waals surface area contributed by atoms with Crippen molar-refractivity contribution < 1.29 is 63.9 Å². The number of nitrogens with one attached hydrogen (secondary N) is 2. The second-order valence-corrected chi connectivity index (χ2v) is 14.5. The van der Waals surface area contributed by atoms with E-state index in [1.165, 1.54) is 6.92 Å². The lowest BCUT2D eigenvalue weighted by Gasteiger charge is -2.49. The third-order valence-corrected chi connectivity index (χ3v) is 10.8. The number of aliphatic hydroxyl groups is 6. The molecule has 2 aliphatic heterocycles. The Morgan fingerprint density at radius 1 is 0.920 bits per heavy atom. The lowest BCUT2D eigenvalue weighted by Crippen LogP contribution is -2.67. The molecule has 0 radical (unpaired) electrons. The Balaban J connectivity index is 1.64.